The lowest BCUT2D eigenvalue weighted by atomic mass is 9.94. The molecule has 2 aliphatic heterocycles. The molecule has 0 unspecified atom stereocenters. The highest BCUT2D eigenvalue weighted by molar-refractivity contribution is 5.88. The average molecular weight is 493 g/mol. The van der Waals surface area contributed by atoms with E-state index in [0.717, 1.165) is 13.1 Å². The number of nitrogens with zero attached hydrogens (tertiary/aromatic N) is 2. The number of benzene rings is 4. The molecule has 4 aromatic rings. The molecule has 190 valence electrons. The molecule has 0 amide bonds. The summed E-state index contributed by atoms with van der Waals surface area (Å²) in [5.74, 6) is 0.326. The quantitative estimate of drug-likeness (QED) is 0.372. The predicted octanol–water partition coefficient (Wildman–Crippen LogP) is 5.75. The summed E-state index contributed by atoms with van der Waals surface area (Å²) in [5.41, 5.74) is 5.07. The van der Waals surface area contributed by atoms with Gasteiger partial charge < -0.3 is 5.11 Å². The molecule has 0 bridgehead atoms. The molecule has 6 rings (SSSR count). The Hall–Kier alpha value is -3.57. The van der Waals surface area contributed by atoms with Crippen LogP contribution in [0.1, 0.15) is 41.8 Å². The van der Waals surface area contributed by atoms with Crippen molar-refractivity contribution < 1.29 is 9.90 Å². The first-order chi connectivity index (χ1) is 17.7. The van der Waals surface area contributed by atoms with E-state index in [1.165, 1.54) is 22.3 Å². The fourth-order valence-corrected chi connectivity index (χ4v) is 5.06. The van der Waals surface area contributed by atoms with Gasteiger partial charge in [0, 0.05) is 13.1 Å². The molecule has 2 saturated heterocycles. The van der Waals surface area contributed by atoms with Gasteiger partial charge in [0.2, 0.25) is 0 Å². The monoisotopic (exact) mass is 492 g/mol. The van der Waals surface area contributed by atoms with Gasteiger partial charge >= 0.3 is 0 Å². The number of rotatable bonds is 6. The van der Waals surface area contributed by atoms with Gasteiger partial charge in [0.15, 0.2) is 5.78 Å². The Morgan fingerprint density at radius 2 is 0.838 bits per heavy atom. The fraction of sp³-hybridized carbons (Fsp3) is 0.242. The van der Waals surface area contributed by atoms with E-state index in [2.05, 4.69) is 82.6 Å². The number of hydrogen-bond acceptors (Lipinski definition) is 4. The van der Waals surface area contributed by atoms with Crippen LogP contribution in [-0.2, 0) is 4.79 Å². The van der Waals surface area contributed by atoms with Gasteiger partial charge in [0.05, 0.1) is 31.3 Å². The van der Waals surface area contributed by atoms with Crippen molar-refractivity contribution in [3.63, 3.8) is 0 Å². The van der Waals surface area contributed by atoms with Gasteiger partial charge in [-0.3, -0.25) is 14.6 Å². The van der Waals surface area contributed by atoms with Crippen molar-refractivity contribution in [2.75, 3.05) is 26.2 Å². The third-order valence-corrected chi connectivity index (χ3v) is 6.84. The molecule has 4 aromatic carbocycles. The smallest absolute Gasteiger partial charge is 0.160 e. The lowest BCUT2D eigenvalue weighted by Gasteiger charge is -2.42. The van der Waals surface area contributed by atoms with E-state index < -0.39 is 0 Å². The summed E-state index contributed by atoms with van der Waals surface area (Å²) < 4.78 is 0. The number of carbonyl (C=O) groups excluding carboxylic acids is 1. The number of β-amino-alcohol motifs (C(OH)–C–C–N with tert-alkyl or cyclic N) is 1. The van der Waals surface area contributed by atoms with Crippen molar-refractivity contribution in [3.8, 4) is 0 Å². The number of carbonyl (C=O) groups is 1. The molecule has 0 radical (unpaired) electrons. The first-order valence-electron chi connectivity index (χ1n) is 12.6. The molecule has 0 atom stereocenters. The minimum absolute atomic E-state index is 0. The van der Waals surface area contributed by atoms with E-state index in [1.807, 2.05) is 48.5 Å². The van der Waals surface area contributed by atoms with Crippen LogP contribution in [0.3, 0.4) is 0 Å². The molecule has 2 heterocycles. The summed E-state index contributed by atoms with van der Waals surface area (Å²) in [5, 5.41) is 9.52. The normalized spacial score (nSPS) is 15.8. The third kappa shape index (κ3) is 6.41. The van der Waals surface area contributed by atoms with Crippen LogP contribution in [0, 0.1) is 0 Å². The molecule has 4 nitrogen and oxygen atoms in total. The first-order valence-corrected chi connectivity index (χ1v) is 12.6. The number of ketones is 1. The van der Waals surface area contributed by atoms with Crippen LogP contribution >= 0.6 is 0 Å². The highest BCUT2D eigenvalue weighted by atomic mass is 16.3. The van der Waals surface area contributed by atoms with Crippen molar-refractivity contribution in [1.82, 2.24) is 9.80 Å². The lowest BCUT2D eigenvalue weighted by Crippen LogP contribution is -2.52. The Labute approximate surface area is 220 Å². The Morgan fingerprint density at radius 3 is 1.11 bits per heavy atom. The van der Waals surface area contributed by atoms with Crippen molar-refractivity contribution in [2.24, 2.45) is 0 Å². The Kier molecular flexibility index (Phi) is 9.02. The first kappa shape index (κ1) is 26.5. The second-order valence-corrected chi connectivity index (χ2v) is 9.50. The van der Waals surface area contributed by atoms with Crippen LogP contribution in [0.15, 0.2) is 121 Å². The maximum absolute atomic E-state index is 11.2. The highest BCUT2D eigenvalue weighted by Gasteiger charge is 2.33. The zero-order valence-corrected chi connectivity index (χ0v) is 20.4. The molecule has 0 aliphatic carbocycles. The van der Waals surface area contributed by atoms with E-state index >= 15 is 0 Å². The molecule has 37 heavy (non-hydrogen) atoms. The predicted molar refractivity (Wildman–Crippen MR) is 150 cm³/mol. The van der Waals surface area contributed by atoms with Crippen molar-refractivity contribution in [2.45, 2.75) is 25.6 Å². The summed E-state index contributed by atoms with van der Waals surface area (Å²) in [4.78, 5) is 15.8. The van der Waals surface area contributed by atoms with E-state index in [-0.39, 0.29) is 25.6 Å². The lowest BCUT2D eigenvalue weighted by molar-refractivity contribution is -0.130. The zero-order chi connectivity index (χ0) is 24.7. The molecule has 2 aliphatic rings. The van der Waals surface area contributed by atoms with E-state index in [1.54, 1.807) is 0 Å². The minimum Gasteiger partial charge on any atom is -0.390 e. The summed E-state index contributed by atoms with van der Waals surface area (Å²) in [6.07, 6.45) is -0.167. The van der Waals surface area contributed by atoms with E-state index in [4.69, 9.17) is 0 Å². The molecule has 1 N–H and O–H groups in total. The van der Waals surface area contributed by atoms with Gasteiger partial charge in [0.1, 0.15) is 0 Å². The minimum atomic E-state index is -0.167. The van der Waals surface area contributed by atoms with Gasteiger partial charge in [-0.15, -0.1) is 0 Å². The van der Waals surface area contributed by atoms with Crippen LogP contribution in [0.5, 0.6) is 0 Å². The number of Topliss-reactive ketones (excluding diaryl/α,β-unsaturated/α-hetero) is 1. The van der Waals surface area contributed by atoms with Gasteiger partial charge in [-0.1, -0.05) is 129 Å². The van der Waals surface area contributed by atoms with Crippen LogP contribution in [0.25, 0.3) is 0 Å². The highest BCUT2D eigenvalue weighted by Crippen LogP contribution is 2.32. The standard InChI is InChI=1S/C16H17NO.C16H15NO.CH4/c2*18-15-11-17(12-15)16(13-7-3-1-4-8-13)14-9-5-2-6-10-14;/h1-10,15-16,18H,11-12H2;1-10,16H,11-12H2;1H4. The van der Waals surface area contributed by atoms with Gasteiger partial charge in [-0.25, -0.2) is 0 Å². The van der Waals surface area contributed by atoms with Gasteiger partial charge in [-0.05, 0) is 22.3 Å². The number of likely N-dealkylation sites (tertiary alicyclic amines) is 2. The van der Waals surface area contributed by atoms with Crippen molar-refractivity contribution in [1.29, 1.82) is 0 Å². The molecule has 0 aromatic heterocycles. The second kappa shape index (κ2) is 12.6. The molecule has 2 fully saturated rings. The molecule has 4 heteroatoms. The van der Waals surface area contributed by atoms with Gasteiger partial charge in [0.25, 0.3) is 0 Å². The van der Waals surface area contributed by atoms with Crippen LogP contribution in [0.4, 0.5) is 0 Å². The van der Waals surface area contributed by atoms with Crippen LogP contribution in [0.2, 0.25) is 0 Å². The third-order valence-electron chi connectivity index (χ3n) is 6.84. The summed E-state index contributed by atoms with van der Waals surface area (Å²) in [6, 6.07) is 42.2. The maximum Gasteiger partial charge on any atom is 0.160 e. The summed E-state index contributed by atoms with van der Waals surface area (Å²) in [6.45, 7) is 2.64. The number of aliphatic hydroxyl groups excluding tert-OH is 1. The molecular weight excluding hydrogens is 456 g/mol. The van der Waals surface area contributed by atoms with E-state index in [9.17, 15) is 9.90 Å². The summed E-state index contributed by atoms with van der Waals surface area (Å²) in [7, 11) is 0. The maximum atomic E-state index is 11.2. The molecular formula is C33H36N2O2. The average Bonchev–Trinajstić information content (AvgIpc) is 2.90. The SMILES string of the molecule is C.O=C1CN(C(c2ccccc2)c2ccccc2)C1.OC1CN(C(c2ccccc2)c2ccccc2)C1. The number of hydrogen-bond donors (Lipinski definition) is 1. The van der Waals surface area contributed by atoms with Crippen LogP contribution in [-0.4, -0.2) is 53.0 Å². The Balaban J connectivity index is 0.000000168. The largest absolute Gasteiger partial charge is 0.390 e. The number of aliphatic hydroxyl groups is 1. The van der Waals surface area contributed by atoms with Crippen molar-refractivity contribution in [3.05, 3.63) is 144 Å². The molecule has 0 spiro atoms. The summed E-state index contributed by atoms with van der Waals surface area (Å²) >= 11 is 0. The Bertz CT molecular complexity index is 1140. The zero-order valence-electron chi connectivity index (χ0n) is 20.4. The van der Waals surface area contributed by atoms with E-state index in [0.29, 0.717) is 18.9 Å². The van der Waals surface area contributed by atoms with Crippen molar-refractivity contribution >= 4 is 5.78 Å². The van der Waals surface area contributed by atoms with Crippen LogP contribution < -0.4 is 0 Å². The van der Waals surface area contributed by atoms with Gasteiger partial charge in [-0.2, -0.15) is 0 Å². The fourth-order valence-electron chi connectivity index (χ4n) is 5.06. The molecule has 0 saturated carbocycles. The Morgan fingerprint density at radius 1 is 0.541 bits per heavy atom. The topological polar surface area (TPSA) is 43.8 Å². The second-order valence-electron chi connectivity index (χ2n) is 9.50.